The molecule has 0 atom stereocenters. The first-order chi connectivity index (χ1) is 16.5. The maximum Gasteiger partial charge on any atom is 0.338 e. The summed E-state index contributed by atoms with van der Waals surface area (Å²) in [5.41, 5.74) is 9.13. The molecule has 6 heteroatoms. The van der Waals surface area contributed by atoms with E-state index in [9.17, 15) is 4.79 Å². The fourth-order valence-electron chi connectivity index (χ4n) is 4.63. The van der Waals surface area contributed by atoms with Crippen molar-refractivity contribution in [1.82, 2.24) is 14.9 Å². The molecule has 0 radical (unpaired) electrons. The summed E-state index contributed by atoms with van der Waals surface area (Å²) in [4.78, 5) is 23.7. The van der Waals surface area contributed by atoms with Crippen molar-refractivity contribution in [2.75, 3.05) is 13.1 Å². The van der Waals surface area contributed by atoms with Gasteiger partial charge in [0.05, 0.1) is 22.9 Å². The lowest BCUT2D eigenvalue weighted by atomic mass is 9.96. The number of ether oxygens (including phenoxy) is 1. The zero-order valence-electron chi connectivity index (χ0n) is 20.3. The fourth-order valence-corrected chi connectivity index (χ4v) is 4.63. The number of aromatic nitrogens is 2. The van der Waals surface area contributed by atoms with Crippen molar-refractivity contribution < 1.29 is 9.53 Å². The summed E-state index contributed by atoms with van der Waals surface area (Å²) >= 11 is 0. The van der Waals surface area contributed by atoms with Crippen LogP contribution in [0.2, 0.25) is 0 Å². The van der Waals surface area contributed by atoms with E-state index in [1.165, 1.54) is 16.7 Å². The average Bonchev–Trinajstić information content (AvgIpc) is 3.25. The van der Waals surface area contributed by atoms with Crippen LogP contribution >= 0.6 is 0 Å². The molecule has 0 N–H and O–H groups in total. The number of fused-ring (bicyclic) bond motifs is 2. The van der Waals surface area contributed by atoms with Crippen molar-refractivity contribution in [3.63, 3.8) is 0 Å². The second kappa shape index (κ2) is 10.1. The highest BCUT2D eigenvalue weighted by Gasteiger charge is 2.24. The van der Waals surface area contributed by atoms with Crippen LogP contribution < -0.4 is 0 Å². The number of esters is 1. The van der Waals surface area contributed by atoms with E-state index in [2.05, 4.69) is 28.9 Å². The quantitative estimate of drug-likeness (QED) is 0.520. The van der Waals surface area contributed by atoms with E-state index >= 15 is 0 Å². The van der Waals surface area contributed by atoms with E-state index in [1.807, 2.05) is 51.2 Å². The standard InChI is InChI=1S/C26H24N4O2.C2H6/c1-16-11-18(12-27)3-5-21(16)25-28-13-20-14-30(10-8-24(20)29-25)9-7-19-4-6-22-23(17(19)2)15-32-26(22)31;1-2/h3-6,11,13H,7-10,14-15H2,1-2H3;1-2H3. The topological polar surface area (TPSA) is 79.1 Å². The van der Waals surface area contributed by atoms with Gasteiger partial charge < -0.3 is 4.74 Å². The summed E-state index contributed by atoms with van der Waals surface area (Å²) in [6.07, 6.45) is 3.78. The van der Waals surface area contributed by atoms with Gasteiger partial charge in [-0.1, -0.05) is 19.9 Å². The number of nitrogens with zero attached hydrogens (tertiary/aromatic N) is 4. The molecule has 0 saturated carbocycles. The molecule has 2 aliphatic heterocycles. The highest BCUT2D eigenvalue weighted by atomic mass is 16.5. The minimum absolute atomic E-state index is 0.210. The molecular formula is C28H30N4O2. The monoisotopic (exact) mass is 454 g/mol. The lowest BCUT2D eigenvalue weighted by Crippen LogP contribution is -2.33. The van der Waals surface area contributed by atoms with E-state index in [0.717, 1.165) is 60.7 Å². The Morgan fingerprint density at radius 1 is 1.15 bits per heavy atom. The van der Waals surface area contributed by atoms with Crippen LogP contribution in [0, 0.1) is 25.2 Å². The van der Waals surface area contributed by atoms with Crippen LogP contribution in [0.1, 0.15) is 63.3 Å². The minimum atomic E-state index is -0.210. The van der Waals surface area contributed by atoms with Crippen LogP contribution in [0.15, 0.2) is 36.5 Å². The number of hydrogen-bond donors (Lipinski definition) is 0. The molecule has 0 fully saturated rings. The Labute approximate surface area is 201 Å². The molecule has 34 heavy (non-hydrogen) atoms. The van der Waals surface area contributed by atoms with Crippen LogP contribution in [0.5, 0.6) is 0 Å². The van der Waals surface area contributed by atoms with Gasteiger partial charge in [0.1, 0.15) is 6.61 Å². The largest absolute Gasteiger partial charge is 0.457 e. The van der Waals surface area contributed by atoms with E-state index in [0.29, 0.717) is 17.7 Å². The van der Waals surface area contributed by atoms with Gasteiger partial charge in [-0.2, -0.15) is 5.26 Å². The molecular weight excluding hydrogens is 424 g/mol. The van der Waals surface area contributed by atoms with Crippen molar-refractivity contribution in [3.05, 3.63) is 81.2 Å². The molecule has 2 aromatic carbocycles. The van der Waals surface area contributed by atoms with E-state index in [-0.39, 0.29) is 5.97 Å². The maximum atomic E-state index is 11.8. The van der Waals surface area contributed by atoms with Gasteiger partial charge in [-0.25, -0.2) is 14.8 Å². The Hall–Kier alpha value is -3.56. The van der Waals surface area contributed by atoms with Gasteiger partial charge in [-0.05, 0) is 61.2 Å². The van der Waals surface area contributed by atoms with Gasteiger partial charge in [-0.3, -0.25) is 4.90 Å². The van der Waals surface area contributed by atoms with Gasteiger partial charge in [0.25, 0.3) is 0 Å². The highest BCUT2D eigenvalue weighted by molar-refractivity contribution is 5.93. The smallest absolute Gasteiger partial charge is 0.338 e. The first-order valence-electron chi connectivity index (χ1n) is 11.9. The second-order valence-electron chi connectivity index (χ2n) is 8.54. The molecule has 0 unspecified atom stereocenters. The Kier molecular flexibility index (Phi) is 7.04. The molecule has 0 spiro atoms. The van der Waals surface area contributed by atoms with Crippen molar-refractivity contribution >= 4 is 5.97 Å². The highest BCUT2D eigenvalue weighted by Crippen LogP contribution is 2.27. The van der Waals surface area contributed by atoms with Gasteiger partial charge in [0, 0.05) is 48.9 Å². The molecule has 0 amide bonds. The predicted molar refractivity (Wildman–Crippen MR) is 131 cm³/mol. The third kappa shape index (κ3) is 4.57. The normalized spacial score (nSPS) is 14.4. The predicted octanol–water partition coefficient (Wildman–Crippen LogP) is 4.93. The van der Waals surface area contributed by atoms with Crippen molar-refractivity contribution in [1.29, 1.82) is 5.26 Å². The van der Waals surface area contributed by atoms with Gasteiger partial charge >= 0.3 is 5.97 Å². The molecule has 174 valence electrons. The fraction of sp³-hybridized carbons (Fsp3) is 0.357. The Morgan fingerprint density at radius 3 is 2.71 bits per heavy atom. The number of benzene rings is 2. The van der Waals surface area contributed by atoms with Crippen LogP contribution in [-0.2, 0) is 30.7 Å². The van der Waals surface area contributed by atoms with Gasteiger partial charge in [0.15, 0.2) is 5.82 Å². The average molecular weight is 455 g/mol. The summed E-state index contributed by atoms with van der Waals surface area (Å²) < 4.78 is 5.18. The molecule has 3 heterocycles. The molecule has 3 aromatic rings. The molecule has 0 saturated heterocycles. The van der Waals surface area contributed by atoms with E-state index in [1.54, 1.807) is 0 Å². The first-order valence-corrected chi connectivity index (χ1v) is 11.9. The molecule has 0 aliphatic carbocycles. The van der Waals surface area contributed by atoms with Gasteiger partial charge in [0.2, 0.25) is 0 Å². The summed E-state index contributed by atoms with van der Waals surface area (Å²) in [5, 5.41) is 9.08. The maximum absolute atomic E-state index is 11.8. The molecule has 1 aromatic heterocycles. The zero-order valence-corrected chi connectivity index (χ0v) is 20.3. The molecule has 6 nitrogen and oxygen atoms in total. The van der Waals surface area contributed by atoms with Gasteiger partial charge in [-0.15, -0.1) is 0 Å². The third-order valence-electron chi connectivity index (χ3n) is 6.58. The first kappa shape index (κ1) is 23.6. The third-order valence-corrected chi connectivity index (χ3v) is 6.58. The van der Waals surface area contributed by atoms with Crippen LogP contribution in [0.25, 0.3) is 11.4 Å². The number of carbonyl (C=O) groups excluding carboxylic acids is 1. The summed E-state index contributed by atoms with van der Waals surface area (Å²) in [5.74, 6) is 0.516. The summed E-state index contributed by atoms with van der Waals surface area (Å²) in [6.45, 7) is 11.2. The van der Waals surface area contributed by atoms with Crippen LogP contribution in [0.4, 0.5) is 0 Å². The summed E-state index contributed by atoms with van der Waals surface area (Å²) in [7, 11) is 0. The number of aryl methyl sites for hydroxylation is 1. The summed E-state index contributed by atoms with van der Waals surface area (Å²) in [6, 6.07) is 11.8. The molecule has 0 bridgehead atoms. The Balaban J connectivity index is 0.00000133. The number of hydrogen-bond acceptors (Lipinski definition) is 6. The van der Waals surface area contributed by atoms with Crippen molar-refractivity contribution in [2.45, 2.75) is 53.7 Å². The second-order valence-corrected chi connectivity index (χ2v) is 8.54. The van der Waals surface area contributed by atoms with E-state index < -0.39 is 0 Å². The molecule has 2 aliphatic rings. The Morgan fingerprint density at radius 2 is 1.94 bits per heavy atom. The lowest BCUT2D eigenvalue weighted by molar-refractivity contribution is 0.0535. The minimum Gasteiger partial charge on any atom is -0.457 e. The van der Waals surface area contributed by atoms with Crippen molar-refractivity contribution in [2.24, 2.45) is 0 Å². The van der Waals surface area contributed by atoms with Crippen LogP contribution in [-0.4, -0.2) is 33.9 Å². The number of nitriles is 1. The van der Waals surface area contributed by atoms with Crippen LogP contribution in [0.3, 0.4) is 0 Å². The number of rotatable bonds is 4. The van der Waals surface area contributed by atoms with E-state index in [4.69, 9.17) is 15.0 Å². The molecule has 5 rings (SSSR count). The number of carbonyl (C=O) groups is 1. The Bertz CT molecular complexity index is 1280. The number of cyclic esters (lactones) is 1. The van der Waals surface area contributed by atoms with Crippen molar-refractivity contribution in [3.8, 4) is 17.5 Å². The zero-order chi connectivity index (χ0) is 24.2. The lowest BCUT2D eigenvalue weighted by Gasteiger charge is -2.28. The SMILES string of the molecule is CC.Cc1cc(C#N)ccc1-c1ncc2c(n1)CCN(CCc1ccc3c(c1C)COC3=O)C2.